The van der Waals surface area contributed by atoms with Gasteiger partial charge < -0.3 is 0 Å². The number of rotatable bonds is 4. The Labute approximate surface area is 102 Å². The molecule has 0 aliphatic carbocycles. The standard InChI is InChI=1S/C10H14BFN2O2S/c1-4-14(3)17(15,16)13-9-6-7(2)5-8(11)10(9)12/h5-6,13H,4H2,1-3H3. The summed E-state index contributed by atoms with van der Waals surface area (Å²) < 4.78 is 40.3. The van der Waals surface area contributed by atoms with Crippen LogP contribution in [0.5, 0.6) is 0 Å². The van der Waals surface area contributed by atoms with E-state index in [1.165, 1.54) is 19.2 Å². The van der Waals surface area contributed by atoms with Crippen molar-refractivity contribution in [3.05, 3.63) is 23.5 Å². The number of hydrogen-bond acceptors (Lipinski definition) is 2. The van der Waals surface area contributed by atoms with Crippen molar-refractivity contribution in [2.75, 3.05) is 18.3 Å². The fourth-order valence-corrected chi connectivity index (χ4v) is 2.18. The number of hydrogen-bond donors (Lipinski definition) is 1. The fourth-order valence-electron chi connectivity index (χ4n) is 1.26. The van der Waals surface area contributed by atoms with Crippen LogP contribution in [0.1, 0.15) is 12.5 Å². The number of benzene rings is 1. The van der Waals surface area contributed by atoms with Crippen LogP contribution in [0.3, 0.4) is 0 Å². The smallest absolute Gasteiger partial charge is 0.268 e. The van der Waals surface area contributed by atoms with Crippen LogP contribution in [-0.2, 0) is 10.2 Å². The van der Waals surface area contributed by atoms with Crippen molar-refractivity contribution >= 4 is 29.2 Å². The number of nitrogens with zero attached hydrogens (tertiary/aromatic N) is 1. The minimum absolute atomic E-state index is 0.0816. The third kappa shape index (κ3) is 3.20. The minimum Gasteiger partial charge on any atom is -0.268 e. The Balaban J connectivity index is 3.12. The lowest BCUT2D eigenvalue weighted by Gasteiger charge is -2.17. The second-order valence-electron chi connectivity index (χ2n) is 3.74. The highest BCUT2D eigenvalue weighted by molar-refractivity contribution is 7.90. The first-order valence-electron chi connectivity index (χ1n) is 5.07. The van der Waals surface area contributed by atoms with Crippen molar-refractivity contribution in [2.24, 2.45) is 0 Å². The molecule has 1 N–H and O–H groups in total. The molecule has 0 heterocycles. The summed E-state index contributed by atoms with van der Waals surface area (Å²) in [7, 11) is 3.10. The summed E-state index contributed by atoms with van der Waals surface area (Å²) in [6.07, 6.45) is 0. The zero-order valence-corrected chi connectivity index (χ0v) is 10.8. The SMILES string of the molecule is [B]c1cc(C)cc(NS(=O)(=O)N(C)CC)c1F. The molecule has 0 atom stereocenters. The molecule has 17 heavy (non-hydrogen) atoms. The van der Waals surface area contributed by atoms with Gasteiger partial charge >= 0.3 is 10.2 Å². The second kappa shape index (κ2) is 5.06. The van der Waals surface area contributed by atoms with Gasteiger partial charge in [-0.15, -0.1) is 0 Å². The highest BCUT2D eigenvalue weighted by Gasteiger charge is 2.18. The van der Waals surface area contributed by atoms with Crippen molar-refractivity contribution < 1.29 is 12.8 Å². The third-order valence-electron chi connectivity index (χ3n) is 2.34. The van der Waals surface area contributed by atoms with Gasteiger partial charge in [0.15, 0.2) is 0 Å². The molecule has 0 saturated carbocycles. The molecule has 0 spiro atoms. The van der Waals surface area contributed by atoms with Crippen molar-refractivity contribution in [1.29, 1.82) is 0 Å². The highest BCUT2D eigenvalue weighted by Crippen LogP contribution is 2.16. The molecule has 2 radical (unpaired) electrons. The van der Waals surface area contributed by atoms with E-state index in [1.54, 1.807) is 13.8 Å². The monoisotopic (exact) mass is 256 g/mol. The van der Waals surface area contributed by atoms with E-state index in [0.717, 1.165) is 4.31 Å². The summed E-state index contributed by atoms with van der Waals surface area (Å²) in [5.74, 6) is -0.760. The molecule has 0 fully saturated rings. The first-order valence-corrected chi connectivity index (χ1v) is 6.51. The molecule has 0 aliphatic heterocycles. The second-order valence-corrected chi connectivity index (χ2v) is 5.51. The van der Waals surface area contributed by atoms with E-state index in [0.29, 0.717) is 5.56 Å². The predicted molar refractivity (Wildman–Crippen MR) is 67.4 cm³/mol. The highest BCUT2D eigenvalue weighted by atomic mass is 32.2. The van der Waals surface area contributed by atoms with E-state index in [-0.39, 0.29) is 17.7 Å². The van der Waals surface area contributed by atoms with Gasteiger partial charge in [-0.05, 0) is 18.6 Å². The molecule has 7 heteroatoms. The molecule has 0 amide bonds. The molecule has 0 unspecified atom stereocenters. The first kappa shape index (κ1) is 14.0. The molecule has 1 aromatic rings. The van der Waals surface area contributed by atoms with Crippen molar-refractivity contribution in [3.8, 4) is 0 Å². The van der Waals surface area contributed by atoms with Gasteiger partial charge in [0.1, 0.15) is 13.7 Å². The molecule has 4 nitrogen and oxygen atoms in total. The van der Waals surface area contributed by atoms with Crippen LogP contribution in [0.15, 0.2) is 12.1 Å². The van der Waals surface area contributed by atoms with Crippen LogP contribution in [0.4, 0.5) is 10.1 Å². The van der Waals surface area contributed by atoms with Gasteiger partial charge in [-0.2, -0.15) is 12.7 Å². The van der Waals surface area contributed by atoms with Crippen LogP contribution in [0.25, 0.3) is 0 Å². The Hall–Kier alpha value is -1.08. The molecular weight excluding hydrogens is 242 g/mol. The van der Waals surface area contributed by atoms with Gasteiger partial charge in [0.05, 0.1) is 5.69 Å². The van der Waals surface area contributed by atoms with Gasteiger partial charge in [-0.1, -0.05) is 18.5 Å². The van der Waals surface area contributed by atoms with Gasteiger partial charge in [0.2, 0.25) is 0 Å². The van der Waals surface area contributed by atoms with E-state index in [1.807, 2.05) is 0 Å². The van der Waals surface area contributed by atoms with E-state index in [4.69, 9.17) is 7.85 Å². The summed E-state index contributed by atoms with van der Waals surface area (Å²) in [6, 6.07) is 2.84. The summed E-state index contributed by atoms with van der Waals surface area (Å²) in [5, 5.41) is 0. The Morgan fingerprint density at radius 1 is 1.47 bits per heavy atom. The average molecular weight is 256 g/mol. The molecule has 92 valence electrons. The Morgan fingerprint density at radius 2 is 2.06 bits per heavy atom. The summed E-state index contributed by atoms with van der Waals surface area (Å²) >= 11 is 0. The van der Waals surface area contributed by atoms with Gasteiger partial charge in [-0.3, -0.25) is 4.72 Å². The summed E-state index contributed by atoms with van der Waals surface area (Å²) in [6.45, 7) is 3.68. The van der Waals surface area contributed by atoms with Crippen LogP contribution in [-0.4, -0.2) is 34.2 Å². The number of aryl methyl sites for hydroxylation is 1. The maximum absolute atomic E-state index is 13.6. The van der Waals surface area contributed by atoms with Crippen molar-refractivity contribution in [2.45, 2.75) is 13.8 Å². The molecule has 0 bridgehead atoms. The van der Waals surface area contributed by atoms with Crippen molar-refractivity contribution in [1.82, 2.24) is 4.31 Å². The summed E-state index contributed by atoms with van der Waals surface area (Å²) in [4.78, 5) is 0. The zero-order valence-electron chi connectivity index (χ0n) is 9.99. The summed E-state index contributed by atoms with van der Waals surface area (Å²) in [5.41, 5.74) is 0.463. The zero-order chi connectivity index (χ0) is 13.2. The van der Waals surface area contributed by atoms with Crippen LogP contribution >= 0.6 is 0 Å². The molecule has 1 rings (SSSR count). The van der Waals surface area contributed by atoms with Crippen molar-refractivity contribution in [3.63, 3.8) is 0 Å². The third-order valence-corrected chi connectivity index (χ3v) is 3.90. The molecular formula is C10H14BFN2O2S. The average Bonchev–Trinajstić information content (AvgIpc) is 2.23. The van der Waals surface area contributed by atoms with Crippen LogP contribution < -0.4 is 10.2 Å². The Morgan fingerprint density at radius 3 is 2.59 bits per heavy atom. The lowest BCUT2D eigenvalue weighted by Crippen LogP contribution is -2.33. The van der Waals surface area contributed by atoms with Gasteiger partial charge in [0.25, 0.3) is 0 Å². The van der Waals surface area contributed by atoms with Crippen LogP contribution in [0.2, 0.25) is 0 Å². The van der Waals surface area contributed by atoms with Gasteiger partial charge in [-0.25, -0.2) is 4.39 Å². The fraction of sp³-hybridized carbons (Fsp3) is 0.400. The minimum atomic E-state index is -3.73. The predicted octanol–water partition coefficient (Wildman–Crippen LogP) is 0.536. The maximum Gasteiger partial charge on any atom is 0.301 e. The Bertz CT molecular complexity index is 519. The van der Waals surface area contributed by atoms with E-state index in [2.05, 4.69) is 4.72 Å². The van der Waals surface area contributed by atoms with E-state index >= 15 is 0 Å². The van der Waals surface area contributed by atoms with Crippen LogP contribution in [0, 0.1) is 12.7 Å². The molecule has 0 aromatic heterocycles. The van der Waals surface area contributed by atoms with Gasteiger partial charge in [0, 0.05) is 13.6 Å². The normalized spacial score (nSPS) is 11.8. The number of halogens is 1. The molecule has 0 aliphatic rings. The number of nitrogens with one attached hydrogen (secondary N) is 1. The number of anilines is 1. The first-order chi connectivity index (χ1) is 7.77. The Kier molecular flexibility index (Phi) is 4.16. The lowest BCUT2D eigenvalue weighted by atomic mass is 9.93. The maximum atomic E-state index is 13.6. The lowest BCUT2D eigenvalue weighted by molar-refractivity contribution is 0.491. The quantitative estimate of drug-likeness (QED) is 0.799. The van der Waals surface area contributed by atoms with E-state index in [9.17, 15) is 12.8 Å². The topological polar surface area (TPSA) is 49.4 Å². The molecule has 0 saturated heterocycles. The molecule has 1 aromatic carbocycles. The van der Waals surface area contributed by atoms with E-state index < -0.39 is 16.0 Å². The largest absolute Gasteiger partial charge is 0.301 e.